The minimum atomic E-state index is -0.480. The molecule has 0 saturated heterocycles. The van der Waals surface area contributed by atoms with Crippen LogP contribution in [0.5, 0.6) is 0 Å². The number of carbonyl (C=O) groups is 2. The Morgan fingerprint density at radius 3 is 1.83 bits per heavy atom. The Morgan fingerprint density at radius 2 is 1.33 bits per heavy atom. The van der Waals surface area contributed by atoms with Gasteiger partial charge in [-0.25, -0.2) is 0 Å². The van der Waals surface area contributed by atoms with Crippen molar-refractivity contribution in [1.82, 2.24) is 0 Å². The van der Waals surface area contributed by atoms with Crippen LogP contribution in [0, 0.1) is 0 Å². The summed E-state index contributed by atoms with van der Waals surface area (Å²) < 4.78 is 11.2. The summed E-state index contributed by atoms with van der Waals surface area (Å²) in [6.45, 7) is 4.88. The zero-order valence-corrected chi connectivity index (χ0v) is 14.0. The molecule has 124 valence electrons. The van der Waals surface area contributed by atoms with Crippen LogP contribution in [0.15, 0.2) is 42.5 Å². The number of hydrogen-bond acceptors (Lipinski definition) is 4. The minimum Gasteiger partial charge on any atom is -0.453 e. The third-order valence-electron chi connectivity index (χ3n) is 4.25. The number of rotatable bonds is 3. The molecule has 1 aliphatic carbocycles. The van der Waals surface area contributed by atoms with Gasteiger partial charge in [0.15, 0.2) is 12.2 Å². The molecule has 0 heterocycles. The van der Waals surface area contributed by atoms with Gasteiger partial charge in [-0.1, -0.05) is 49.4 Å². The van der Waals surface area contributed by atoms with Gasteiger partial charge in [0.2, 0.25) is 0 Å². The molecule has 3 rings (SSSR count). The lowest BCUT2D eigenvalue weighted by Gasteiger charge is -2.33. The maximum atomic E-state index is 11.6. The highest BCUT2D eigenvalue weighted by molar-refractivity contribution is 5.69. The van der Waals surface area contributed by atoms with Gasteiger partial charge in [0.1, 0.15) is 0 Å². The minimum absolute atomic E-state index is 0.339. The third kappa shape index (κ3) is 2.92. The fourth-order valence-corrected chi connectivity index (χ4v) is 3.22. The van der Waals surface area contributed by atoms with Crippen LogP contribution >= 0.6 is 0 Å². The van der Waals surface area contributed by atoms with Crippen LogP contribution < -0.4 is 0 Å². The first-order valence-corrected chi connectivity index (χ1v) is 8.07. The largest absolute Gasteiger partial charge is 0.453 e. The van der Waals surface area contributed by atoms with Crippen molar-refractivity contribution in [3.05, 3.63) is 70.3 Å². The lowest BCUT2D eigenvalue weighted by atomic mass is 9.81. The number of esters is 2. The van der Waals surface area contributed by atoms with Crippen molar-refractivity contribution in [3.8, 4) is 0 Å². The molecule has 0 aliphatic heterocycles. The number of hydrogen-bond donors (Lipinski definition) is 0. The highest BCUT2D eigenvalue weighted by Gasteiger charge is 2.35. The van der Waals surface area contributed by atoms with E-state index in [0.29, 0.717) is 0 Å². The molecule has 2 aromatic carbocycles. The molecule has 0 N–H and O–H groups in total. The van der Waals surface area contributed by atoms with Crippen LogP contribution in [0.3, 0.4) is 0 Å². The van der Waals surface area contributed by atoms with Gasteiger partial charge in [-0.05, 0) is 12.0 Å². The fraction of sp³-hybridized carbons (Fsp3) is 0.300. The van der Waals surface area contributed by atoms with Crippen LogP contribution in [0.2, 0.25) is 0 Å². The number of aryl methyl sites for hydroxylation is 1. The van der Waals surface area contributed by atoms with Crippen molar-refractivity contribution in [3.63, 3.8) is 0 Å². The lowest BCUT2D eigenvalue weighted by Crippen LogP contribution is -2.24. The van der Waals surface area contributed by atoms with E-state index in [-0.39, 0.29) is 11.9 Å². The van der Waals surface area contributed by atoms with E-state index in [1.54, 1.807) is 0 Å². The number of ether oxygens (including phenoxy) is 2. The van der Waals surface area contributed by atoms with Crippen molar-refractivity contribution in [2.45, 2.75) is 39.4 Å². The first-order chi connectivity index (χ1) is 11.5. The number of carbonyl (C=O) groups excluding carboxylic acids is 2. The maximum absolute atomic E-state index is 11.6. The predicted octanol–water partition coefficient (Wildman–Crippen LogP) is 3.87. The highest BCUT2D eigenvalue weighted by Crippen LogP contribution is 2.44. The molecule has 24 heavy (non-hydrogen) atoms. The van der Waals surface area contributed by atoms with E-state index >= 15 is 0 Å². The molecule has 0 radical (unpaired) electrons. The van der Waals surface area contributed by atoms with Crippen molar-refractivity contribution in [2.75, 3.05) is 0 Å². The molecule has 4 nitrogen and oxygen atoms in total. The first-order valence-electron chi connectivity index (χ1n) is 8.07. The quantitative estimate of drug-likeness (QED) is 0.804. The first kappa shape index (κ1) is 16.2. The molecule has 0 spiro atoms. The van der Waals surface area contributed by atoms with Crippen molar-refractivity contribution in [2.24, 2.45) is 0 Å². The second-order valence-corrected chi connectivity index (χ2v) is 5.92. The molecular formula is C20H20O4. The van der Waals surface area contributed by atoms with Gasteiger partial charge in [-0.3, -0.25) is 9.59 Å². The molecule has 4 heteroatoms. The fourth-order valence-electron chi connectivity index (χ4n) is 3.22. The summed E-state index contributed by atoms with van der Waals surface area (Å²) in [6.07, 6.45) is -0.0848. The summed E-state index contributed by atoms with van der Waals surface area (Å²) in [5, 5.41) is 0. The second kappa shape index (κ2) is 6.48. The van der Waals surface area contributed by atoms with Crippen LogP contribution in [0.25, 0.3) is 0 Å². The third-order valence-corrected chi connectivity index (χ3v) is 4.25. The Labute approximate surface area is 141 Å². The molecule has 2 unspecified atom stereocenters. The van der Waals surface area contributed by atoms with E-state index in [9.17, 15) is 9.59 Å². The second-order valence-electron chi connectivity index (χ2n) is 5.92. The van der Waals surface area contributed by atoms with E-state index in [1.165, 1.54) is 13.8 Å². The number of fused-ring (bicyclic) bond motifs is 2. The predicted molar refractivity (Wildman–Crippen MR) is 89.5 cm³/mol. The summed E-state index contributed by atoms with van der Waals surface area (Å²) in [5.74, 6) is -0.681. The van der Waals surface area contributed by atoms with E-state index < -0.39 is 12.2 Å². The Hall–Kier alpha value is -2.62. The van der Waals surface area contributed by atoms with Gasteiger partial charge in [0.05, 0.1) is 0 Å². The Morgan fingerprint density at radius 1 is 0.833 bits per heavy atom. The highest BCUT2D eigenvalue weighted by atomic mass is 16.6. The normalized spacial score (nSPS) is 18.3. The zero-order valence-electron chi connectivity index (χ0n) is 14.0. The van der Waals surface area contributed by atoms with Crippen molar-refractivity contribution >= 4 is 11.9 Å². The Balaban J connectivity index is 2.21. The van der Waals surface area contributed by atoms with Crippen molar-refractivity contribution in [1.29, 1.82) is 0 Å². The Bertz CT molecular complexity index is 794. The molecule has 0 fully saturated rings. The molecule has 0 saturated carbocycles. The summed E-state index contributed by atoms with van der Waals surface area (Å²) in [5.41, 5.74) is 4.61. The van der Waals surface area contributed by atoms with Gasteiger partial charge in [0, 0.05) is 36.1 Å². The van der Waals surface area contributed by atoms with Gasteiger partial charge in [-0.2, -0.15) is 0 Å². The Kier molecular flexibility index (Phi) is 4.38. The van der Waals surface area contributed by atoms with E-state index in [4.69, 9.17) is 9.47 Å². The van der Waals surface area contributed by atoms with E-state index in [0.717, 1.165) is 34.2 Å². The smallest absolute Gasteiger partial charge is 0.303 e. The topological polar surface area (TPSA) is 52.6 Å². The average molecular weight is 324 g/mol. The molecule has 0 aromatic heterocycles. The SMILES string of the molecule is CCc1ccc2c(c1)C(OC(C)=O)c1ccccc1C2OC(C)=O. The molecule has 2 aromatic rings. The lowest BCUT2D eigenvalue weighted by molar-refractivity contribution is -0.148. The van der Waals surface area contributed by atoms with Crippen molar-refractivity contribution < 1.29 is 19.1 Å². The summed E-state index contributed by atoms with van der Waals surface area (Å²) in [6, 6.07) is 13.6. The van der Waals surface area contributed by atoms with Crippen LogP contribution in [0.1, 0.15) is 60.8 Å². The monoisotopic (exact) mass is 324 g/mol. The number of benzene rings is 2. The van der Waals surface area contributed by atoms with E-state index in [2.05, 4.69) is 6.92 Å². The van der Waals surface area contributed by atoms with Crippen LogP contribution in [-0.2, 0) is 25.5 Å². The molecular weight excluding hydrogens is 304 g/mol. The van der Waals surface area contributed by atoms with Gasteiger partial charge in [-0.15, -0.1) is 0 Å². The summed E-state index contributed by atoms with van der Waals surface area (Å²) in [7, 11) is 0. The maximum Gasteiger partial charge on any atom is 0.303 e. The molecule has 1 aliphatic rings. The van der Waals surface area contributed by atoms with Crippen LogP contribution in [0.4, 0.5) is 0 Å². The summed E-state index contributed by atoms with van der Waals surface area (Å²) >= 11 is 0. The average Bonchev–Trinajstić information content (AvgIpc) is 2.56. The van der Waals surface area contributed by atoms with Crippen LogP contribution in [-0.4, -0.2) is 11.9 Å². The van der Waals surface area contributed by atoms with Gasteiger partial charge in [0.25, 0.3) is 0 Å². The standard InChI is InChI=1S/C20H20O4/c1-4-14-9-10-17-18(11-14)20(24-13(3)22)16-8-6-5-7-15(16)19(17)23-12(2)21/h5-11,19-20H,4H2,1-3H3. The van der Waals surface area contributed by atoms with Gasteiger partial charge >= 0.3 is 11.9 Å². The zero-order chi connectivity index (χ0) is 17.3. The molecule has 2 atom stereocenters. The summed E-state index contributed by atoms with van der Waals surface area (Å²) in [4.78, 5) is 23.2. The molecule has 0 amide bonds. The van der Waals surface area contributed by atoms with E-state index in [1.807, 2.05) is 42.5 Å². The molecule has 0 bridgehead atoms. The van der Waals surface area contributed by atoms with Gasteiger partial charge < -0.3 is 9.47 Å².